The van der Waals surface area contributed by atoms with E-state index >= 15 is 0 Å². The summed E-state index contributed by atoms with van der Waals surface area (Å²) in [6, 6.07) is 0. The van der Waals surface area contributed by atoms with Crippen LogP contribution in [0.15, 0.2) is 11.6 Å². The summed E-state index contributed by atoms with van der Waals surface area (Å²) in [6.07, 6.45) is 5.49. The lowest BCUT2D eigenvalue weighted by atomic mass is 9.54. The van der Waals surface area contributed by atoms with E-state index in [4.69, 9.17) is 9.47 Å². The van der Waals surface area contributed by atoms with Gasteiger partial charge in [-0.15, -0.1) is 0 Å². The van der Waals surface area contributed by atoms with Crippen molar-refractivity contribution in [1.29, 1.82) is 0 Å². The standard InChI is InChI=1S/C21H32O5/c1-4-17(24)26-16-6-5-14-18-15(23)10-12-9-13(22)7-8-20(12,2)19(18)25-11-21(14,16)3/h10,13-16,18-19,22-23H,4-9,11H2,1-3H3/t13-,14?,15?,16-,18?,19?,20-,21-/m0/s1. The molecule has 5 heteroatoms. The van der Waals surface area contributed by atoms with E-state index in [9.17, 15) is 15.0 Å². The van der Waals surface area contributed by atoms with Crippen LogP contribution in [0.2, 0.25) is 0 Å². The quantitative estimate of drug-likeness (QED) is 0.582. The number of aliphatic hydroxyl groups excluding tert-OH is 2. The molecule has 1 saturated heterocycles. The molecule has 8 atom stereocenters. The number of hydrogen-bond acceptors (Lipinski definition) is 5. The molecule has 1 aliphatic heterocycles. The predicted octanol–water partition coefficient (Wildman–Crippen LogP) is 2.59. The summed E-state index contributed by atoms with van der Waals surface area (Å²) in [7, 11) is 0. The van der Waals surface area contributed by atoms with Crippen molar-refractivity contribution >= 4 is 5.97 Å². The first-order valence-electron chi connectivity index (χ1n) is 10.2. The third-order valence-corrected chi connectivity index (χ3v) is 7.85. The van der Waals surface area contributed by atoms with Crippen molar-refractivity contribution in [2.24, 2.45) is 22.7 Å². The van der Waals surface area contributed by atoms with Gasteiger partial charge < -0.3 is 19.7 Å². The van der Waals surface area contributed by atoms with E-state index in [-0.39, 0.29) is 46.9 Å². The van der Waals surface area contributed by atoms with Gasteiger partial charge in [0.25, 0.3) is 0 Å². The summed E-state index contributed by atoms with van der Waals surface area (Å²) in [5.74, 6) is 0.161. The SMILES string of the molecule is CCC(=O)O[C@H]1CCC2C3C(O)C=C4C[C@@H](O)CC[C@]4(C)C3OC[C@@]21C. The van der Waals surface area contributed by atoms with E-state index in [2.05, 4.69) is 13.8 Å². The van der Waals surface area contributed by atoms with Crippen molar-refractivity contribution in [2.75, 3.05) is 6.61 Å². The predicted molar refractivity (Wildman–Crippen MR) is 96.3 cm³/mol. The first kappa shape index (κ1) is 18.5. The van der Waals surface area contributed by atoms with Crippen LogP contribution in [0.4, 0.5) is 0 Å². The average molecular weight is 364 g/mol. The second kappa shape index (κ2) is 6.32. The molecule has 146 valence electrons. The molecule has 0 aromatic carbocycles. The summed E-state index contributed by atoms with van der Waals surface area (Å²) >= 11 is 0. The number of rotatable bonds is 2. The molecule has 0 aromatic heterocycles. The number of ether oxygens (including phenoxy) is 2. The van der Waals surface area contributed by atoms with Gasteiger partial charge >= 0.3 is 5.97 Å². The number of aliphatic hydroxyl groups is 2. The first-order chi connectivity index (χ1) is 12.3. The van der Waals surface area contributed by atoms with Crippen LogP contribution in [0.25, 0.3) is 0 Å². The zero-order valence-electron chi connectivity index (χ0n) is 16.1. The molecule has 0 spiro atoms. The lowest BCUT2D eigenvalue weighted by molar-refractivity contribution is -0.212. The highest BCUT2D eigenvalue weighted by Gasteiger charge is 2.62. The molecule has 0 bridgehead atoms. The monoisotopic (exact) mass is 364 g/mol. The number of carbonyl (C=O) groups is 1. The lowest BCUT2D eigenvalue weighted by Gasteiger charge is -2.58. The van der Waals surface area contributed by atoms with E-state index in [0.29, 0.717) is 19.4 Å². The zero-order valence-corrected chi connectivity index (χ0v) is 16.1. The van der Waals surface area contributed by atoms with Crippen molar-refractivity contribution < 1.29 is 24.5 Å². The topological polar surface area (TPSA) is 76.0 Å². The minimum atomic E-state index is -0.557. The molecule has 26 heavy (non-hydrogen) atoms. The number of fused-ring (bicyclic) bond motifs is 5. The molecule has 0 aromatic rings. The highest BCUT2D eigenvalue weighted by molar-refractivity contribution is 5.69. The Labute approximate surface area is 155 Å². The third kappa shape index (κ3) is 2.58. The molecule has 4 aliphatic rings. The minimum absolute atomic E-state index is 0.0244. The van der Waals surface area contributed by atoms with Gasteiger partial charge in [-0.05, 0) is 38.0 Å². The molecule has 4 rings (SSSR count). The number of carbonyl (C=O) groups excluding carboxylic acids is 1. The second-order valence-corrected chi connectivity index (χ2v) is 9.33. The van der Waals surface area contributed by atoms with Crippen molar-refractivity contribution in [1.82, 2.24) is 0 Å². The molecule has 3 aliphatic carbocycles. The minimum Gasteiger partial charge on any atom is -0.462 e. The van der Waals surface area contributed by atoms with Crippen LogP contribution in [0.3, 0.4) is 0 Å². The van der Waals surface area contributed by atoms with Crippen molar-refractivity contribution in [3.05, 3.63) is 11.6 Å². The van der Waals surface area contributed by atoms with E-state index in [1.807, 2.05) is 13.0 Å². The first-order valence-corrected chi connectivity index (χ1v) is 10.2. The molecule has 2 N–H and O–H groups in total. The summed E-state index contributed by atoms with van der Waals surface area (Å²) in [4.78, 5) is 11.9. The van der Waals surface area contributed by atoms with Gasteiger partial charge in [0.1, 0.15) is 6.10 Å². The molecule has 0 radical (unpaired) electrons. The second-order valence-electron chi connectivity index (χ2n) is 9.33. The molecule has 2 saturated carbocycles. The van der Waals surface area contributed by atoms with E-state index in [1.165, 1.54) is 0 Å². The van der Waals surface area contributed by atoms with Gasteiger partial charge in [-0.2, -0.15) is 0 Å². The van der Waals surface area contributed by atoms with Crippen LogP contribution >= 0.6 is 0 Å². The van der Waals surface area contributed by atoms with Crippen LogP contribution in [0.1, 0.15) is 59.3 Å². The molecular formula is C21H32O5. The smallest absolute Gasteiger partial charge is 0.305 e. The lowest BCUT2D eigenvalue weighted by Crippen LogP contribution is -2.61. The van der Waals surface area contributed by atoms with Crippen LogP contribution in [0, 0.1) is 22.7 Å². The van der Waals surface area contributed by atoms with E-state index < -0.39 is 6.10 Å². The van der Waals surface area contributed by atoms with E-state index in [0.717, 1.165) is 31.3 Å². The van der Waals surface area contributed by atoms with Gasteiger partial charge in [0, 0.05) is 23.2 Å². The van der Waals surface area contributed by atoms with Crippen LogP contribution in [0.5, 0.6) is 0 Å². The molecule has 3 fully saturated rings. The summed E-state index contributed by atoms with van der Waals surface area (Å²) in [5, 5.41) is 21.0. The number of hydrogen-bond donors (Lipinski definition) is 2. The fourth-order valence-electron chi connectivity index (χ4n) is 6.23. The Kier molecular flexibility index (Phi) is 4.48. The Morgan fingerprint density at radius 3 is 2.81 bits per heavy atom. The molecule has 5 nitrogen and oxygen atoms in total. The van der Waals surface area contributed by atoms with Gasteiger partial charge in [0.15, 0.2) is 0 Å². The normalized spacial score (nSPS) is 50.3. The summed E-state index contributed by atoms with van der Waals surface area (Å²) in [5.41, 5.74) is 0.812. The van der Waals surface area contributed by atoms with Gasteiger partial charge in [0.2, 0.25) is 0 Å². The van der Waals surface area contributed by atoms with Gasteiger partial charge in [0.05, 0.1) is 24.9 Å². The Morgan fingerprint density at radius 2 is 2.08 bits per heavy atom. The average Bonchev–Trinajstić information content (AvgIpc) is 2.93. The fourth-order valence-corrected chi connectivity index (χ4v) is 6.23. The molecule has 4 unspecified atom stereocenters. The molecule has 0 amide bonds. The van der Waals surface area contributed by atoms with Crippen LogP contribution < -0.4 is 0 Å². The van der Waals surface area contributed by atoms with Crippen LogP contribution in [-0.2, 0) is 14.3 Å². The highest BCUT2D eigenvalue weighted by Crippen LogP contribution is 2.60. The Balaban J connectivity index is 1.64. The van der Waals surface area contributed by atoms with Crippen molar-refractivity contribution in [3.8, 4) is 0 Å². The fraction of sp³-hybridized carbons (Fsp3) is 0.857. The van der Waals surface area contributed by atoms with E-state index in [1.54, 1.807) is 0 Å². The third-order valence-electron chi connectivity index (χ3n) is 7.85. The maximum absolute atomic E-state index is 11.9. The van der Waals surface area contributed by atoms with Crippen molar-refractivity contribution in [3.63, 3.8) is 0 Å². The summed E-state index contributed by atoms with van der Waals surface area (Å²) < 4.78 is 12.2. The molecule has 1 heterocycles. The van der Waals surface area contributed by atoms with Crippen molar-refractivity contribution in [2.45, 2.75) is 83.7 Å². The molecular weight excluding hydrogens is 332 g/mol. The largest absolute Gasteiger partial charge is 0.462 e. The Hall–Kier alpha value is -0.910. The maximum Gasteiger partial charge on any atom is 0.305 e. The van der Waals surface area contributed by atoms with Gasteiger partial charge in [-0.1, -0.05) is 32.4 Å². The maximum atomic E-state index is 11.9. The van der Waals surface area contributed by atoms with Gasteiger partial charge in [-0.3, -0.25) is 4.79 Å². The highest BCUT2D eigenvalue weighted by atomic mass is 16.5. The zero-order chi connectivity index (χ0) is 18.7. The Bertz CT molecular complexity index is 616. The van der Waals surface area contributed by atoms with Gasteiger partial charge in [-0.25, -0.2) is 0 Å². The Morgan fingerprint density at radius 1 is 1.31 bits per heavy atom. The number of esters is 1. The van der Waals surface area contributed by atoms with Crippen LogP contribution in [-0.4, -0.2) is 47.2 Å². The summed E-state index contributed by atoms with van der Waals surface area (Å²) in [6.45, 7) is 6.78.